The van der Waals surface area contributed by atoms with Gasteiger partial charge in [-0.05, 0) is 30.8 Å². The Morgan fingerprint density at radius 1 is 1.50 bits per heavy atom. The highest BCUT2D eigenvalue weighted by Crippen LogP contribution is 2.42. The normalized spacial score (nSPS) is 12.9. The van der Waals surface area contributed by atoms with Crippen molar-refractivity contribution in [1.29, 1.82) is 5.26 Å². The molecule has 2 nitrogen and oxygen atoms in total. The zero-order chi connectivity index (χ0) is 13.9. The first-order valence-corrected chi connectivity index (χ1v) is 6.42. The number of nitrogens with zero attached hydrogens (tertiary/aromatic N) is 1. The monoisotopic (exact) mass is 337 g/mol. The molecule has 0 amide bonds. The zero-order valence-electron chi connectivity index (χ0n) is 9.08. The minimum Gasteiger partial charge on any atom is -0.298 e. The summed E-state index contributed by atoms with van der Waals surface area (Å²) in [5.74, 6) is -0.360. The Hall–Kier alpha value is -1.00. The number of nitriles is 1. The predicted octanol–water partition coefficient (Wildman–Crippen LogP) is 4.20. The van der Waals surface area contributed by atoms with E-state index in [2.05, 4.69) is 15.9 Å². The first-order chi connectivity index (χ1) is 8.26. The molecule has 1 aromatic rings. The number of hydrogen-bond donors (Lipinski definition) is 0. The van der Waals surface area contributed by atoms with Crippen molar-refractivity contribution >= 4 is 33.5 Å². The summed E-state index contributed by atoms with van der Waals surface area (Å²) >= 11 is 2.69. The van der Waals surface area contributed by atoms with Gasteiger partial charge in [-0.1, -0.05) is 22.0 Å². The molecule has 0 aromatic heterocycles. The van der Waals surface area contributed by atoms with Crippen molar-refractivity contribution in [3.63, 3.8) is 0 Å². The fourth-order valence-electron chi connectivity index (χ4n) is 1.32. The van der Waals surface area contributed by atoms with E-state index in [1.165, 1.54) is 25.1 Å². The van der Waals surface area contributed by atoms with Crippen molar-refractivity contribution in [2.75, 3.05) is 0 Å². The zero-order valence-corrected chi connectivity index (χ0v) is 11.5. The molecule has 1 aromatic carbocycles. The topological polar surface area (TPSA) is 40.9 Å². The molecule has 1 unspecified atom stereocenters. The van der Waals surface area contributed by atoms with Gasteiger partial charge >= 0.3 is 5.51 Å². The predicted molar refractivity (Wildman–Crippen MR) is 65.4 cm³/mol. The maximum atomic E-state index is 12.4. The van der Waals surface area contributed by atoms with E-state index < -0.39 is 10.3 Å². The van der Waals surface area contributed by atoms with Crippen LogP contribution >= 0.6 is 27.7 Å². The number of carbonyl (C=O) groups excluding carboxylic acids is 1. The van der Waals surface area contributed by atoms with E-state index >= 15 is 0 Å². The second-order valence-electron chi connectivity index (χ2n) is 3.35. The van der Waals surface area contributed by atoms with Crippen LogP contribution in [0.25, 0.3) is 0 Å². The lowest BCUT2D eigenvalue weighted by Gasteiger charge is -2.15. The summed E-state index contributed by atoms with van der Waals surface area (Å²) in [5.41, 5.74) is -4.34. The first kappa shape index (κ1) is 15.1. The molecule has 0 saturated carbocycles. The molecular weight excluding hydrogens is 331 g/mol. The van der Waals surface area contributed by atoms with Gasteiger partial charge in [-0.3, -0.25) is 4.79 Å². The van der Waals surface area contributed by atoms with E-state index in [1.807, 2.05) is 0 Å². The van der Waals surface area contributed by atoms with Gasteiger partial charge in [-0.25, -0.2) is 0 Å². The van der Waals surface area contributed by atoms with Crippen LogP contribution < -0.4 is 0 Å². The molecule has 1 atom stereocenters. The van der Waals surface area contributed by atoms with Crippen LogP contribution in [0, 0.1) is 11.3 Å². The van der Waals surface area contributed by atoms with Gasteiger partial charge < -0.3 is 0 Å². The van der Waals surface area contributed by atoms with Crippen LogP contribution in [-0.4, -0.2) is 11.3 Å². The molecule has 0 N–H and O–H groups in total. The highest BCUT2D eigenvalue weighted by atomic mass is 79.9. The third kappa shape index (κ3) is 3.75. The van der Waals surface area contributed by atoms with E-state index in [0.717, 1.165) is 0 Å². The van der Waals surface area contributed by atoms with E-state index in [4.69, 9.17) is 5.26 Å². The number of benzene rings is 1. The standard InChI is InChI=1S/C11H7BrF3NOS/c1-6(17)10(12)9-7(5-16)3-2-4-8(9)18-11(13,14)15/h2-4,10H,1H3. The molecule has 0 bridgehead atoms. The summed E-state index contributed by atoms with van der Waals surface area (Å²) in [5, 5.41) is 8.90. The largest absolute Gasteiger partial charge is 0.446 e. The SMILES string of the molecule is CC(=O)C(Br)c1c(C#N)cccc1SC(F)(F)F. The molecule has 0 radical (unpaired) electrons. The third-order valence-corrected chi connectivity index (χ3v) is 3.93. The maximum absolute atomic E-state index is 12.4. The molecule has 0 aliphatic heterocycles. The Morgan fingerprint density at radius 2 is 2.11 bits per heavy atom. The van der Waals surface area contributed by atoms with Crippen molar-refractivity contribution in [3.05, 3.63) is 29.3 Å². The quantitative estimate of drug-likeness (QED) is 0.613. The van der Waals surface area contributed by atoms with Gasteiger partial charge in [0.1, 0.15) is 10.6 Å². The van der Waals surface area contributed by atoms with Crippen molar-refractivity contribution in [2.24, 2.45) is 0 Å². The van der Waals surface area contributed by atoms with Crippen LogP contribution in [-0.2, 0) is 4.79 Å². The van der Waals surface area contributed by atoms with Crippen molar-refractivity contribution in [2.45, 2.75) is 22.2 Å². The van der Waals surface area contributed by atoms with Gasteiger partial charge in [0.25, 0.3) is 0 Å². The Balaban J connectivity index is 3.35. The highest BCUT2D eigenvalue weighted by molar-refractivity contribution is 9.09. The van der Waals surface area contributed by atoms with Gasteiger partial charge in [0.15, 0.2) is 0 Å². The number of ketones is 1. The van der Waals surface area contributed by atoms with E-state index in [9.17, 15) is 18.0 Å². The third-order valence-electron chi connectivity index (χ3n) is 2.02. The number of halogens is 4. The first-order valence-electron chi connectivity index (χ1n) is 4.69. The van der Waals surface area contributed by atoms with Crippen LogP contribution in [0.5, 0.6) is 0 Å². The number of carbonyl (C=O) groups is 1. The number of rotatable bonds is 3. The molecule has 0 aliphatic rings. The number of hydrogen-bond acceptors (Lipinski definition) is 3. The van der Waals surface area contributed by atoms with Crippen LogP contribution in [0.15, 0.2) is 23.1 Å². The molecule has 0 heterocycles. The highest BCUT2D eigenvalue weighted by Gasteiger charge is 2.32. The fraction of sp³-hybridized carbons (Fsp3) is 0.273. The van der Waals surface area contributed by atoms with E-state index in [1.54, 1.807) is 6.07 Å². The van der Waals surface area contributed by atoms with Crippen molar-refractivity contribution in [1.82, 2.24) is 0 Å². The Labute approximate surface area is 114 Å². The number of thioether (sulfide) groups is 1. The molecule has 96 valence electrons. The van der Waals surface area contributed by atoms with Gasteiger partial charge in [0.05, 0.1) is 11.6 Å². The summed E-state index contributed by atoms with van der Waals surface area (Å²) in [4.78, 5) is 10.2. The average molecular weight is 338 g/mol. The maximum Gasteiger partial charge on any atom is 0.446 e. The van der Waals surface area contributed by atoms with Crippen LogP contribution in [0.3, 0.4) is 0 Å². The summed E-state index contributed by atoms with van der Waals surface area (Å²) in [6, 6.07) is 5.78. The van der Waals surface area contributed by atoms with Gasteiger partial charge in [0, 0.05) is 10.5 Å². The van der Waals surface area contributed by atoms with Crippen LogP contribution in [0.4, 0.5) is 13.2 Å². The molecule has 1 rings (SSSR count). The Bertz CT molecular complexity index is 510. The lowest BCUT2D eigenvalue weighted by atomic mass is 10.0. The number of alkyl halides is 4. The minimum absolute atomic E-state index is 0.0568. The molecular formula is C11H7BrF3NOS. The van der Waals surface area contributed by atoms with Crippen LogP contribution in [0.2, 0.25) is 0 Å². The van der Waals surface area contributed by atoms with Crippen LogP contribution in [0.1, 0.15) is 22.9 Å². The van der Waals surface area contributed by atoms with Gasteiger partial charge in [-0.2, -0.15) is 18.4 Å². The smallest absolute Gasteiger partial charge is 0.298 e. The van der Waals surface area contributed by atoms with E-state index in [0.29, 0.717) is 0 Å². The molecule has 0 saturated heterocycles. The van der Waals surface area contributed by atoms with Crippen molar-refractivity contribution < 1.29 is 18.0 Å². The molecule has 0 spiro atoms. The average Bonchev–Trinajstić information content (AvgIpc) is 2.25. The summed E-state index contributed by atoms with van der Waals surface area (Å²) in [6.45, 7) is 1.25. The summed E-state index contributed by atoms with van der Waals surface area (Å²) in [7, 11) is 0. The molecule has 0 aliphatic carbocycles. The second-order valence-corrected chi connectivity index (χ2v) is 5.37. The Kier molecular flexibility index (Phi) is 4.82. The van der Waals surface area contributed by atoms with E-state index in [-0.39, 0.29) is 33.6 Å². The Morgan fingerprint density at radius 3 is 2.56 bits per heavy atom. The lowest BCUT2D eigenvalue weighted by Crippen LogP contribution is -2.08. The molecule has 7 heteroatoms. The van der Waals surface area contributed by atoms with Crippen molar-refractivity contribution in [3.8, 4) is 6.07 Å². The second kappa shape index (κ2) is 5.76. The number of Topliss-reactive ketones (excluding diaryl/α,β-unsaturated/α-hetero) is 1. The minimum atomic E-state index is -4.47. The fourth-order valence-corrected chi connectivity index (χ4v) is 2.70. The summed E-state index contributed by atoms with van der Waals surface area (Å²) < 4.78 is 37.2. The lowest BCUT2D eigenvalue weighted by molar-refractivity contribution is -0.116. The molecule has 0 fully saturated rings. The molecule has 18 heavy (non-hydrogen) atoms. The van der Waals surface area contributed by atoms with Gasteiger partial charge in [0.2, 0.25) is 0 Å². The van der Waals surface area contributed by atoms with Gasteiger partial charge in [-0.15, -0.1) is 0 Å². The summed E-state index contributed by atoms with van der Waals surface area (Å²) in [6.07, 6.45) is 0.